The molecule has 2 aromatic heterocycles. The highest BCUT2D eigenvalue weighted by Crippen LogP contribution is 2.35. The number of para-hydroxylation sites is 1. The van der Waals surface area contributed by atoms with Crippen molar-refractivity contribution in [3.8, 4) is 5.75 Å². The number of fused-ring (bicyclic) bond motifs is 1. The van der Waals surface area contributed by atoms with Crippen molar-refractivity contribution in [3.63, 3.8) is 0 Å². The Bertz CT molecular complexity index is 948. The molecule has 3 aromatic rings. The summed E-state index contributed by atoms with van der Waals surface area (Å²) in [5.74, 6) is 1.49. The number of nitrogens with zero attached hydrogens (tertiary/aromatic N) is 4. The van der Waals surface area contributed by atoms with Crippen LogP contribution in [0.4, 0.5) is 11.5 Å². The van der Waals surface area contributed by atoms with Gasteiger partial charge in [-0.3, -0.25) is 4.40 Å². The number of benzene rings is 1. The second-order valence-corrected chi connectivity index (χ2v) is 7.75. The Balaban J connectivity index is 2.12. The lowest BCUT2D eigenvalue weighted by atomic mass is 9.92. The molecular formula is C21H26N4O. The molecule has 5 nitrogen and oxygen atoms in total. The number of azo groups is 1. The Morgan fingerprint density at radius 3 is 2.46 bits per heavy atom. The molecule has 5 heteroatoms. The first-order valence-electron chi connectivity index (χ1n) is 8.93. The summed E-state index contributed by atoms with van der Waals surface area (Å²) < 4.78 is 7.85. The molecular weight excluding hydrogens is 324 g/mol. The van der Waals surface area contributed by atoms with Crippen molar-refractivity contribution >= 4 is 17.2 Å². The Kier molecular flexibility index (Phi) is 4.81. The molecule has 0 bridgehead atoms. The smallest absolute Gasteiger partial charge is 0.183 e. The Labute approximate surface area is 154 Å². The summed E-state index contributed by atoms with van der Waals surface area (Å²) in [6, 6.07) is 11.8. The van der Waals surface area contributed by atoms with Crippen LogP contribution in [-0.4, -0.2) is 15.5 Å². The molecule has 0 unspecified atom stereocenters. The van der Waals surface area contributed by atoms with E-state index in [1.165, 1.54) is 0 Å². The average molecular weight is 350 g/mol. The Morgan fingerprint density at radius 2 is 1.77 bits per heavy atom. The summed E-state index contributed by atoms with van der Waals surface area (Å²) in [7, 11) is 0. The summed E-state index contributed by atoms with van der Waals surface area (Å²) in [6.45, 7) is 12.5. The van der Waals surface area contributed by atoms with Gasteiger partial charge >= 0.3 is 0 Å². The number of pyridine rings is 1. The SMILES string of the molecule is Cc1cccn2c(N=Nc3ccccc3OC(C)C)c(C(C)(C)C)nc12. The van der Waals surface area contributed by atoms with Crippen LogP contribution in [0.25, 0.3) is 5.65 Å². The van der Waals surface area contributed by atoms with Crippen molar-refractivity contribution in [2.24, 2.45) is 10.2 Å². The third kappa shape index (κ3) is 3.62. The maximum absolute atomic E-state index is 5.84. The van der Waals surface area contributed by atoms with Gasteiger partial charge in [-0.1, -0.05) is 39.0 Å². The van der Waals surface area contributed by atoms with Gasteiger partial charge in [-0.25, -0.2) is 4.98 Å². The number of aromatic nitrogens is 2. The first kappa shape index (κ1) is 18.1. The molecule has 26 heavy (non-hydrogen) atoms. The highest BCUT2D eigenvalue weighted by atomic mass is 16.5. The van der Waals surface area contributed by atoms with Crippen molar-refractivity contribution in [1.82, 2.24) is 9.38 Å². The minimum atomic E-state index is -0.138. The molecule has 0 amide bonds. The average Bonchev–Trinajstić information content (AvgIpc) is 2.94. The van der Waals surface area contributed by atoms with Crippen molar-refractivity contribution < 1.29 is 4.74 Å². The molecule has 0 saturated carbocycles. The van der Waals surface area contributed by atoms with E-state index in [9.17, 15) is 0 Å². The van der Waals surface area contributed by atoms with E-state index in [1.54, 1.807) is 0 Å². The lowest BCUT2D eigenvalue weighted by Crippen LogP contribution is -2.11. The molecule has 0 fully saturated rings. The zero-order valence-corrected chi connectivity index (χ0v) is 16.3. The zero-order chi connectivity index (χ0) is 18.9. The van der Waals surface area contributed by atoms with Gasteiger partial charge in [0.05, 0.1) is 11.8 Å². The van der Waals surface area contributed by atoms with Crippen molar-refractivity contribution in [1.29, 1.82) is 0 Å². The van der Waals surface area contributed by atoms with E-state index in [0.29, 0.717) is 5.69 Å². The standard InChI is InChI=1S/C21H26N4O/c1-14(2)26-17-12-8-7-11-16(17)23-24-20-18(21(4,5)6)22-19-15(3)10-9-13-25(19)20/h7-14H,1-6H3. The Morgan fingerprint density at radius 1 is 1.04 bits per heavy atom. The summed E-state index contributed by atoms with van der Waals surface area (Å²) in [5, 5.41) is 9.08. The topological polar surface area (TPSA) is 51.2 Å². The zero-order valence-electron chi connectivity index (χ0n) is 16.3. The van der Waals surface area contributed by atoms with Crippen LogP contribution < -0.4 is 4.74 Å². The van der Waals surface area contributed by atoms with Crippen LogP contribution in [0.2, 0.25) is 0 Å². The lowest BCUT2D eigenvalue weighted by Gasteiger charge is -2.15. The van der Waals surface area contributed by atoms with Gasteiger partial charge in [-0.2, -0.15) is 0 Å². The third-order valence-electron chi connectivity index (χ3n) is 4.01. The van der Waals surface area contributed by atoms with E-state index < -0.39 is 0 Å². The van der Waals surface area contributed by atoms with Crippen LogP contribution in [-0.2, 0) is 5.41 Å². The molecule has 0 spiro atoms. The molecule has 0 saturated heterocycles. The normalized spacial score (nSPS) is 12.4. The summed E-state index contributed by atoms with van der Waals surface area (Å²) in [6.07, 6.45) is 2.06. The highest BCUT2D eigenvalue weighted by Gasteiger charge is 2.24. The first-order valence-corrected chi connectivity index (χ1v) is 8.93. The molecule has 0 radical (unpaired) electrons. The molecule has 2 heterocycles. The van der Waals surface area contributed by atoms with E-state index in [4.69, 9.17) is 9.72 Å². The van der Waals surface area contributed by atoms with Crippen LogP contribution in [0.15, 0.2) is 52.8 Å². The molecule has 0 N–H and O–H groups in total. The number of imidazole rings is 1. The van der Waals surface area contributed by atoms with E-state index in [0.717, 1.165) is 28.5 Å². The number of ether oxygens (including phenoxy) is 1. The maximum Gasteiger partial charge on any atom is 0.183 e. The largest absolute Gasteiger partial charge is 0.489 e. The van der Waals surface area contributed by atoms with Crippen molar-refractivity contribution in [2.45, 2.75) is 53.1 Å². The van der Waals surface area contributed by atoms with Crippen LogP contribution in [0.1, 0.15) is 45.9 Å². The second-order valence-electron chi connectivity index (χ2n) is 7.75. The van der Waals surface area contributed by atoms with Gasteiger partial charge < -0.3 is 4.74 Å². The first-order chi connectivity index (χ1) is 12.3. The summed E-state index contributed by atoms with van der Waals surface area (Å²) in [4.78, 5) is 4.84. The number of hydrogen-bond donors (Lipinski definition) is 0. The van der Waals surface area contributed by atoms with Gasteiger partial charge in [-0.05, 0) is 44.5 Å². The second kappa shape index (κ2) is 6.90. The summed E-state index contributed by atoms with van der Waals surface area (Å²) in [5.41, 5.74) is 3.53. The van der Waals surface area contributed by atoms with E-state index in [-0.39, 0.29) is 11.5 Å². The molecule has 0 aliphatic heterocycles. The third-order valence-corrected chi connectivity index (χ3v) is 4.01. The van der Waals surface area contributed by atoms with Crippen LogP contribution in [0.3, 0.4) is 0 Å². The van der Waals surface area contributed by atoms with Gasteiger partial charge in [0.2, 0.25) is 0 Å². The van der Waals surface area contributed by atoms with Gasteiger partial charge in [0.25, 0.3) is 0 Å². The summed E-state index contributed by atoms with van der Waals surface area (Å²) >= 11 is 0. The maximum atomic E-state index is 5.84. The molecule has 1 aromatic carbocycles. The Hall–Kier alpha value is -2.69. The fourth-order valence-electron chi connectivity index (χ4n) is 2.78. The van der Waals surface area contributed by atoms with E-state index in [1.807, 2.05) is 54.8 Å². The van der Waals surface area contributed by atoms with Crippen LogP contribution >= 0.6 is 0 Å². The predicted octanol–water partition coefficient (Wildman–Crippen LogP) is 6.14. The fourth-order valence-corrected chi connectivity index (χ4v) is 2.78. The minimum Gasteiger partial charge on any atom is -0.489 e. The van der Waals surface area contributed by atoms with Gasteiger partial charge in [0.1, 0.15) is 17.1 Å². The van der Waals surface area contributed by atoms with E-state index >= 15 is 0 Å². The lowest BCUT2D eigenvalue weighted by molar-refractivity contribution is 0.243. The quantitative estimate of drug-likeness (QED) is 0.530. The molecule has 0 atom stereocenters. The monoisotopic (exact) mass is 350 g/mol. The van der Waals surface area contributed by atoms with E-state index in [2.05, 4.69) is 44.0 Å². The van der Waals surface area contributed by atoms with Crippen molar-refractivity contribution in [3.05, 3.63) is 53.9 Å². The number of hydrogen-bond acceptors (Lipinski definition) is 4. The van der Waals surface area contributed by atoms with Crippen LogP contribution in [0.5, 0.6) is 5.75 Å². The van der Waals surface area contributed by atoms with Crippen LogP contribution in [0, 0.1) is 6.92 Å². The highest BCUT2D eigenvalue weighted by molar-refractivity contribution is 5.58. The molecule has 3 rings (SSSR count). The van der Waals surface area contributed by atoms with Gasteiger partial charge in [0.15, 0.2) is 5.82 Å². The fraction of sp³-hybridized carbons (Fsp3) is 0.381. The minimum absolute atomic E-state index is 0.0786. The number of aryl methyl sites for hydroxylation is 1. The predicted molar refractivity (Wildman–Crippen MR) is 105 cm³/mol. The van der Waals surface area contributed by atoms with Gasteiger partial charge in [-0.15, -0.1) is 10.2 Å². The number of rotatable bonds is 4. The molecule has 0 aliphatic carbocycles. The molecule has 0 aliphatic rings. The van der Waals surface area contributed by atoms with Crippen molar-refractivity contribution in [2.75, 3.05) is 0 Å². The van der Waals surface area contributed by atoms with Gasteiger partial charge in [0, 0.05) is 11.6 Å². The molecule has 136 valence electrons.